The van der Waals surface area contributed by atoms with E-state index in [4.69, 9.17) is 4.74 Å². The summed E-state index contributed by atoms with van der Waals surface area (Å²) < 4.78 is 50.4. The lowest BCUT2D eigenvalue weighted by atomic mass is 9.72. The fourth-order valence-corrected chi connectivity index (χ4v) is 10.4. The molecule has 2 aromatic rings. The highest BCUT2D eigenvalue weighted by atomic mass is 32.2. The highest BCUT2D eigenvalue weighted by Gasteiger charge is 2.54. The summed E-state index contributed by atoms with van der Waals surface area (Å²) in [7, 11) is -3.35. The topological polar surface area (TPSA) is 114 Å². The van der Waals surface area contributed by atoms with Crippen molar-refractivity contribution in [3.05, 3.63) is 42.1 Å². The summed E-state index contributed by atoms with van der Waals surface area (Å²) >= 11 is 0. The van der Waals surface area contributed by atoms with Crippen LogP contribution < -0.4 is 15.0 Å². The smallest absolute Gasteiger partial charge is 0.282 e. The number of nitrogens with one attached hydrogen (secondary N) is 1. The molecule has 5 aliphatic heterocycles. The van der Waals surface area contributed by atoms with Crippen LogP contribution in [0.3, 0.4) is 0 Å². The Kier molecular flexibility index (Phi) is 8.93. The molecule has 0 saturated carbocycles. The van der Waals surface area contributed by atoms with E-state index in [1.54, 1.807) is 19.7 Å². The van der Waals surface area contributed by atoms with E-state index in [1.807, 2.05) is 27.7 Å². The van der Waals surface area contributed by atoms with E-state index in [0.29, 0.717) is 43.7 Å². The number of halogens is 1. The van der Waals surface area contributed by atoms with Crippen molar-refractivity contribution in [2.75, 3.05) is 76.9 Å². The molecular weight excluding hydrogens is 635 g/mol. The van der Waals surface area contributed by atoms with Crippen LogP contribution in [0.4, 0.5) is 10.2 Å². The summed E-state index contributed by atoms with van der Waals surface area (Å²) in [5, 5.41) is 3.27. The van der Waals surface area contributed by atoms with Gasteiger partial charge in [-0.2, -0.15) is 17.0 Å². The van der Waals surface area contributed by atoms with Gasteiger partial charge in [0.25, 0.3) is 16.1 Å². The Hall–Kier alpha value is -2.91. The van der Waals surface area contributed by atoms with Crippen LogP contribution in [0, 0.1) is 22.6 Å². The Bertz CT molecular complexity index is 1600. The van der Waals surface area contributed by atoms with E-state index in [9.17, 15) is 17.6 Å². The largest absolute Gasteiger partial charge is 0.451 e. The lowest BCUT2D eigenvalue weighted by Gasteiger charge is -2.57. The summed E-state index contributed by atoms with van der Waals surface area (Å²) in [6.07, 6.45) is 5.96. The number of amides is 1. The number of nitrogens with zero attached hydrogens (tertiary/aromatic N) is 7. The van der Waals surface area contributed by atoms with Gasteiger partial charge in [-0.3, -0.25) is 4.79 Å². The Morgan fingerprint density at radius 1 is 1.02 bits per heavy atom. The third-order valence-electron chi connectivity index (χ3n) is 11.1. The molecule has 0 unspecified atom stereocenters. The predicted molar refractivity (Wildman–Crippen MR) is 181 cm³/mol. The average molecular weight is 685 g/mol. The van der Waals surface area contributed by atoms with E-state index < -0.39 is 16.0 Å². The number of rotatable bonds is 10. The number of benzene rings is 1. The minimum absolute atomic E-state index is 0.0659. The molecule has 7 rings (SSSR count). The summed E-state index contributed by atoms with van der Waals surface area (Å²) in [6, 6.07) is 3.90. The molecule has 1 aromatic heterocycles. The van der Waals surface area contributed by atoms with Crippen molar-refractivity contribution in [2.45, 2.75) is 59.0 Å². The van der Waals surface area contributed by atoms with Crippen LogP contribution in [0.2, 0.25) is 0 Å². The second kappa shape index (κ2) is 12.8. The number of anilines is 1. The van der Waals surface area contributed by atoms with Crippen LogP contribution in [0.5, 0.6) is 11.5 Å². The molecular formula is C34H49FN8O4S. The molecule has 5 aliphatic rings. The predicted octanol–water partition coefficient (Wildman–Crippen LogP) is 3.04. The van der Waals surface area contributed by atoms with E-state index in [2.05, 4.69) is 25.1 Å². The molecule has 5 saturated heterocycles. The maximum absolute atomic E-state index is 14.4. The molecule has 0 aliphatic carbocycles. The standard InChI is InChI=1S/C34H49FN8O4S/c1-24(2)43(25(3)4)32(44)28-13-27(35)5-6-29(28)47-30-14-36-23-38-31(30)40-10-7-26(16-40)15-39-19-33(20-39)8-11-41(12-9-33)48(45,46)42-21-34(22-42)17-37-18-34/h5-6,13-14,23-26,37H,7-12,15-22H2,1-4H3/t26-/m0/s1. The Morgan fingerprint density at radius 2 is 1.73 bits per heavy atom. The Labute approximate surface area is 283 Å². The van der Waals surface area contributed by atoms with E-state index in [1.165, 1.54) is 24.5 Å². The minimum Gasteiger partial charge on any atom is -0.451 e. The van der Waals surface area contributed by atoms with Crippen LogP contribution in [0.15, 0.2) is 30.7 Å². The lowest BCUT2D eigenvalue weighted by Crippen LogP contribution is -2.73. The maximum Gasteiger partial charge on any atom is 0.282 e. The SMILES string of the molecule is CC(C)N(C(=O)c1cc(F)ccc1Oc1cncnc1N1CC[C@@H](CN2CC3(CCN(S(=O)(=O)N4CC5(CNC5)C4)CC3)C2)C1)C(C)C. The van der Waals surface area contributed by atoms with Crippen molar-refractivity contribution in [3.8, 4) is 11.5 Å². The lowest BCUT2D eigenvalue weighted by molar-refractivity contribution is -0.0435. The molecule has 5 fully saturated rings. The van der Waals surface area contributed by atoms with Gasteiger partial charge in [-0.25, -0.2) is 14.4 Å². The third kappa shape index (κ3) is 6.30. The van der Waals surface area contributed by atoms with Crippen molar-refractivity contribution in [1.82, 2.24) is 33.7 Å². The van der Waals surface area contributed by atoms with Gasteiger partial charge in [0, 0.05) is 89.5 Å². The van der Waals surface area contributed by atoms with E-state index >= 15 is 0 Å². The number of carbonyl (C=O) groups is 1. The van der Waals surface area contributed by atoms with Gasteiger partial charge in [0.1, 0.15) is 17.9 Å². The van der Waals surface area contributed by atoms with Gasteiger partial charge in [-0.15, -0.1) is 0 Å². The van der Waals surface area contributed by atoms with Crippen LogP contribution >= 0.6 is 0 Å². The summed E-state index contributed by atoms with van der Waals surface area (Å²) in [6.45, 7) is 16.8. The molecule has 1 aromatic carbocycles. The molecule has 6 heterocycles. The molecule has 1 N–H and O–H groups in total. The number of piperidine rings is 1. The van der Waals surface area contributed by atoms with Gasteiger partial charge in [-0.1, -0.05) is 0 Å². The average Bonchev–Trinajstić information content (AvgIpc) is 3.44. The number of hydrogen-bond donors (Lipinski definition) is 1. The van der Waals surface area contributed by atoms with Gasteiger partial charge < -0.3 is 24.8 Å². The molecule has 14 heteroatoms. The highest BCUT2D eigenvalue weighted by Crippen LogP contribution is 2.44. The zero-order valence-electron chi connectivity index (χ0n) is 28.6. The van der Waals surface area contributed by atoms with Gasteiger partial charge in [-0.05, 0) is 76.5 Å². The molecule has 262 valence electrons. The summed E-state index contributed by atoms with van der Waals surface area (Å²) in [5.41, 5.74) is 0.574. The van der Waals surface area contributed by atoms with E-state index in [-0.39, 0.29) is 40.1 Å². The molecule has 1 atom stereocenters. The second-order valence-electron chi connectivity index (χ2n) is 15.4. The monoisotopic (exact) mass is 684 g/mol. The first-order valence-electron chi connectivity index (χ1n) is 17.4. The number of ether oxygens (including phenoxy) is 1. The highest BCUT2D eigenvalue weighted by molar-refractivity contribution is 7.86. The summed E-state index contributed by atoms with van der Waals surface area (Å²) in [5.74, 6) is 1.04. The molecule has 0 bridgehead atoms. The fourth-order valence-electron chi connectivity index (χ4n) is 8.51. The van der Waals surface area contributed by atoms with Crippen LogP contribution in [-0.2, 0) is 10.2 Å². The fraction of sp³-hybridized carbons (Fsp3) is 0.676. The quantitative estimate of drug-likeness (QED) is 0.404. The second-order valence-corrected chi connectivity index (χ2v) is 17.3. The Balaban J connectivity index is 0.933. The minimum atomic E-state index is -3.35. The molecule has 2 spiro atoms. The molecule has 1 amide bonds. The van der Waals surface area contributed by atoms with E-state index in [0.717, 1.165) is 65.1 Å². The van der Waals surface area contributed by atoms with Crippen molar-refractivity contribution in [1.29, 1.82) is 0 Å². The zero-order chi connectivity index (χ0) is 33.8. The number of hydrogen-bond acceptors (Lipinski definition) is 9. The van der Waals surface area contributed by atoms with Crippen molar-refractivity contribution in [3.63, 3.8) is 0 Å². The first-order valence-corrected chi connectivity index (χ1v) is 18.8. The summed E-state index contributed by atoms with van der Waals surface area (Å²) in [4.78, 5) is 28.8. The molecule has 12 nitrogen and oxygen atoms in total. The third-order valence-corrected chi connectivity index (χ3v) is 13.0. The van der Waals surface area contributed by atoms with Crippen molar-refractivity contribution in [2.24, 2.45) is 16.7 Å². The molecule has 0 radical (unpaired) electrons. The normalized spacial score (nSPS) is 24.1. The maximum atomic E-state index is 14.4. The number of aromatic nitrogens is 2. The van der Waals surface area contributed by atoms with Gasteiger partial charge in [0.2, 0.25) is 0 Å². The van der Waals surface area contributed by atoms with Gasteiger partial charge >= 0.3 is 0 Å². The van der Waals surface area contributed by atoms with Gasteiger partial charge in [0.05, 0.1) is 11.8 Å². The van der Waals surface area contributed by atoms with Crippen LogP contribution in [0.1, 0.15) is 57.3 Å². The van der Waals surface area contributed by atoms with Gasteiger partial charge in [0.15, 0.2) is 11.6 Å². The Morgan fingerprint density at radius 3 is 2.38 bits per heavy atom. The first-order chi connectivity index (χ1) is 22.9. The van der Waals surface area contributed by atoms with Crippen LogP contribution in [0.25, 0.3) is 0 Å². The molecule has 48 heavy (non-hydrogen) atoms. The van der Waals surface area contributed by atoms with Crippen LogP contribution in [-0.4, -0.2) is 127 Å². The van der Waals surface area contributed by atoms with Crippen molar-refractivity contribution < 1.29 is 22.3 Å². The first kappa shape index (κ1) is 33.6. The number of carbonyl (C=O) groups excluding carboxylic acids is 1. The zero-order valence-corrected chi connectivity index (χ0v) is 29.4. The number of likely N-dealkylation sites (tertiary alicyclic amines) is 1. The van der Waals surface area contributed by atoms with Crippen molar-refractivity contribution >= 4 is 21.9 Å².